The number of β-amino-alcohol motifs (C(OH)–C–C–N with tert-alkyl or cyclic N) is 1. The van der Waals surface area contributed by atoms with Gasteiger partial charge in [0.15, 0.2) is 4.83 Å². The number of carbonyl (C=O) groups is 1. The van der Waals surface area contributed by atoms with E-state index in [2.05, 4.69) is 0 Å². The summed E-state index contributed by atoms with van der Waals surface area (Å²) in [6, 6.07) is 5.20. The summed E-state index contributed by atoms with van der Waals surface area (Å²) in [5, 5.41) is 8.93. The fraction of sp³-hybridized carbons (Fsp3) is 0.300. The number of primary amides is 1. The molecule has 0 radical (unpaired) electrons. The molecule has 0 spiro atoms. The number of amides is 1. The third-order valence-electron chi connectivity index (χ3n) is 2.36. The van der Waals surface area contributed by atoms with Crippen molar-refractivity contribution in [2.75, 3.05) is 18.1 Å². The molecule has 1 aromatic rings. The summed E-state index contributed by atoms with van der Waals surface area (Å²) >= 11 is 7.56. The maximum Gasteiger partial charge on any atom is 0.248 e. The van der Waals surface area contributed by atoms with E-state index in [0.717, 1.165) is 10.6 Å². The molecular formula is C10H11ClN2O2S. The van der Waals surface area contributed by atoms with Gasteiger partial charge in [-0.15, -0.1) is 0 Å². The Kier molecular flexibility index (Phi) is 3.28. The van der Waals surface area contributed by atoms with Crippen molar-refractivity contribution < 1.29 is 9.90 Å². The average Bonchev–Trinajstić information content (AvgIpc) is 2.55. The maximum atomic E-state index is 11.0. The number of nitrogens with two attached hydrogens (primary N) is 1. The Bertz CT molecular complexity index is 427. The van der Waals surface area contributed by atoms with Gasteiger partial charge in [0.25, 0.3) is 0 Å². The minimum atomic E-state index is -0.449. The van der Waals surface area contributed by atoms with E-state index in [1.807, 2.05) is 4.90 Å². The Hall–Kier alpha value is -0.910. The van der Waals surface area contributed by atoms with Gasteiger partial charge in [0.05, 0.1) is 12.3 Å². The van der Waals surface area contributed by atoms with Crippen molar-refractivity contribution in [3.63, 3.8) is 0 Å². The highest BCUT2D eigenvalue weighted by Crippen LogP contribution is 2.45. The summed E-state index contributed by atoms with van der Waals surface area (Å²) in [7, 11) is 0. The van der Waals surface area contributed by atoms with Crippen molar-refractivity contribution in [3.8, 4) is 0 Å². The number of nitrogens with zero attached hydrogens (tertiary/aromatic N) is 1. The zero-order valence-electron chi connectivity index (χ0n) is 8.39. The molecule has 3 N–H and O–H groups in total. The van der Waals surface area contributed by atoms with Gasteiger partial charge >= 0.3 is 0 Å². The minimum absolute atomic E-state index is 0.0425. The second kappa shape index (κ2) is 4.53. The molecule has 1 amide bonds. The van der Waals surface area contributed by atoms with Crippen LogP contribution in [0.3, 0.4) is 0 Å². The topological polar surface area (TPSA) is 66.6 Å². The van der Waals surface area contributed by atoms with Gasteiger partial charge in [-0.25, -0.2) is 0 Å². The molecule has 16 heavy (non-hydrogen) atoms. The number of hydrogen-bond donors (Lipinski definition) is 2. The van der Waals surface area contributed by atoms with Crippen LogP contribution < -0.4 is 10.6 Å². The molecule has 1 aliphatic heterocycles. The van der Waals surface area contributed by atoms with E-state index < -0.39 is 5.91 Å². The van der Waals surface area contributed by atoms with Crippen molar-refractivity contribution in [1.82, 2.24) is 0 Å². The largest absolute Gasteiger partial charge is 0.395 e. The second-order valence-corrected chi connectivity index (χ2v) is 5.17. The lowest BCUT2D eigenvalue weighted by atomic mass is 10.2. The van der Waals surface area contributed by atoms with Gasteiger partial charge < -0.3 is 15.7 Å². The Balaban J connectivity index is 2.34. The highest BCUT2D eigenvalue weighted by molar-refractivity contribution is 8.01. The standard InChI is InChI=1S/C10H11ClN2O2S/c11-10-13(3-4-14)7-2-1-6(9(12)15)5-8(7)16-10/h1-2,5,10,14H,3-4H2,(H2,12,15). The van der Waals surface area contributed by atoms with Gasteiger partial charge in [0.1, 0.15) is 0 Å². The fourth-order valence-corrected chi connectivity index (χ4v) is 3.15. The number of rotatable bonds is 3. The van der Waals surface area contributed by atoms with Gasteiger partial charge in [0, 0.05) is 17.0 Å². The number of carbonyl (C=O) groups excluding carboxylic acids is 1. The molecule has 86 valence electrons. The van der Waals surface area contributed by atoms with Crippen LogP contribution in [-0.2, 0) is 0 Å². The molecule has 0 saturated carbocycles. The number of fused-ring (bicyclic) bond motifs is 1. The molecule has 1 atom stereocenters. The number of alkyl halides is 1. The zero-order valence-corrected chi connectivity index (χ0v) is 9.96. The molecule has 4 nitrogen and oxygen atoms in total. The number of aliphatic hydroxyl groups excluding tert-OH is 1. The van der Waals surface area contributed by atoms with Crippen LogP contribution in [0, 0.1) is 0 Å². The lowest BCUT2D eigenvalue weighted by Crippen LogP contribution is -2.28. The summed E-state index contributed by atoms with van der Waals surface area (Å²) in [6.45, 7) is 0.519. The van der Waals surface area contributed by atoms with Gasteiger partial charge in [0.2, 0.25) is 5.91 Å². The van der Waals surface area contributed by atoms with E-state index in [4.69, 9.17) is 22.4 Å². The van der Waals surface area contributed by atoms with Crippen molar-refractivity contribution in [1.29, 1.82) is 0 Å². The molecule has 0 aliphatic carbocycles. The van der Waals surface area contributed by atoms with E-state index in [0.29, 0.717) is 12.1 Å². The minimum Gasteiger partial charge on any atom is -0.395 e. The number of halogens is 1. The van der Waals surface area contributed by atoms with Crippen molar-refractivity contribution in [3.05, 3.63) is 23.8 Å². The van der Waals surface area contributed by atoms with E-state index in [1.165, 1.54) is 11.8 Å². The van der Waals surface area contributed by atoms with Crippen LogP contribution in [-0.4, -0.2) is 29.0 Å². The molecule has 6 heteroatoms. The fourth-order valence-electron chi connectivity index (χ4n) is 1.61. The Morgan fingerprint density at radius 2 is 2.38 bits per heavy atom. The third kappa shape index (κ3) is 1.98. The van der Waals surface area contributed by atoms with E-state index in [-0.39, 0.29) is 11.4 Å². The first-order valence-electron chi connectivity index (χ1n) is 4.75. The molecule has 2 rings (SSSR count). The van der Waals surface area contributed by atoms with E-state index in [9.17, 15) is 4.79 Å². The number of anilines is 1. The SMILES string of the molecule is NC(=O)c1ccc2c(c1)SC(Cl)N2CCO. The maximum absolute atomic E-state index is 11.0. The third-order valence-corrected chi connectivity index (χ3v) is 3.90. The molecular weight excluding hydrogens is 248 g/mol. The lowest BCUT2D eigenvalue weighted by molar-refractivity contribution is 0.1000. The molecule has 1 aromatic carbocycles. The van der Waals surface area contributed by atoms with Crippen LogP contribution >= 0.6 is 23.4 Å². The summed E-state index contributed by atoms with van der Waals surface area (Å²) in [4.78, 5) is 13.6. The van der Waals surface area contributed by atoms with E-state index >= 15 is 0 Å². The monoisotopic (exact) mass is 258 g/mol. The first kappa shape index (κ1) is 11.6. The van der Waals surface area contributed by atoms with Crippen LogP contribution in [0.25, 0.3) is 0 Å². The number of hydrogen-bond acceptors (Lipinski definition) is 4. The molecule has 1 heterocycles. The van der Waals surface area contributed by atoms with Gasteiger partial charge in [-0.3, -0.25) is 4.79 Å². The zero-order chi connectivity index (χ0) is 11.7. The molecule has 1 unspecified atom stereocenters. The Labute approximate surface area is 102 Å². The van der Waals surface area contributed by atoms with Gasteiger partial charge in [-0.05, 0) is 18.2 Å². The van der Waals surface area contributed by atoms with Crippen LogP contribution in [0.1, 0.15) is 10.4 Å². The number of thioether (sulfide) groups is 1. The van der Waals surface area contributed by atoms with Crippen molar-refractivity contribution in [2.24, 2.45) is 5.73 Å². The van der Waals surface area contributed by atoms with Crippen LogP contribution in [0.15, 0.2) is 23.1 Å². The second-order valence-electron chi connectivity index (χ2n) is 3.37. The summed E-state index contributed by atoms with van der Waals surface area (Å²) in [5.74, 6) is -0.449. The molecule has 0 bridgehead atoms. The van der Waals surface area contributed by atoms with Crippen LogP contribution in [0.2, 0.25) is 0 Å². The summed E-state index contributed by atoms with van der Waals surface area (Å²) in [5.41, 5.74) is 6.61. The normalized spacial score (nSPS) is 18.6. The molecule has 0 fully saturated rings. The first-order valence-corrected chi connectivity index (χ1v) is 6.07. The highest BCUT2D eigenvalue weighted by atomic mass is 35.5. The van der Waals surface area contributed by atoms with Crippen LogP contribution in [0.4, 0.5) is 5.69 Å². The molecule has 0 aromatic heterocycles. The lowest BCUT2D eigenvalue weighted by Gasteiger charge is -2.20. The highest BCUT2D eigenvalue weighted by Gasteiger charge is 2.28. The summed E-state index contributed by atoms with van der Waals surface area (Å²) in [6.07, 6.45) is 0. The smallest absolute Gasteiger partial charge is 0.248 e. The Morgan fingerprint density at radius 3 is 3.00 bits per heavy atom. The van der Waals surface area contributed by atoms with Crippen LogP contribution in [0.5, 0.6) is 0 Å². The van der Waals surface area contributed by atoms with Gasteiger partial charge in [-0.2, -0.15) is 0 Å². The summed E-state index contributed by atoms with van der Waals surface area (Å²) < 4.78 is 0. The van der Waals surface area contributed by atoms with E-state index in [1.54, 1.807) is 18.2 Å². The predicted molar refractivity (Wildman–Crippen MR) is 64.9 cm³/mol. The van der Waals surface area contributed by atoms with Crippen molar-refractivity contribution >= 4 is 35.0 Å². The molecule has 1 aliphatic rings. The van der Waals surface area contributed by atoms with Gasteiger partial charge in [-0.1, -0.05) is 23.4 Å². The number of benzene rings is 1. The van der Waals surface area contributed by atoms with Crippen molar-refractivity contribution in [2.45, 2.75) is 9.73 Å². The number of aliphatic hydroxyl groups is 1. The quantitative estimate of drug-likeness (QED) is 0.632. The molecule has 0 saturated heterocycles. The average molecular weight is 259 g/mol. The Morgan fingerprint density at radius 1 is 1.62 bits per heavy atom. The predicted octanol–water partition coefficient (Wildman–Crippen LogP) is 1.21. The first-order chi connectivity index (χ1) is 7.63.